The quantitative estimate of drug-likeness (QED) is 0.238. The number of guanidine groups is 1. The number of ether oxygens (including phenoxy) is 3. The molecule has 30 heavy (non-hydrogen) atoms. The number of nitrogens with one attached hydrogen (secondary N) is 1. The molecule has 0 spiro atoms. The number of aliphatic imine (C=N–C) groups is 1. The number of hydrogen-bond donors (Lipinski definition) is 1. The average Bonchev–Trinajstić information content (AvgIpc) is 3.21. The molecule has 2 fully saturated rings. The highest BCUT2D eigenvalue weighted by Gasteiger charge is 2.25. The van der Waals surface area contributed by atoms with E-state index in [1.165, 1.54) is 0 Å². The maximum atomic E-state index is 14.6. The van der Waals surface area contributed by atoms with Crippen molar-refractivity contribution in [2.24, 2.45) is 10.9 Å². The minimum Gasteiger partial charge on any atom is -0.382 e. The highest BCUT2D eigenvalue weighted by molar-refractivity contribution is 14.0. The van der Waals surface area contributed by atoms with Gasteiger partial charge in [-0.3, -0.25) is 4.99 Å². The van der Waals surface area contributed by atoms with Gasteiger partial charge in [0.05, 0.1) is 38.7 Å². The van der Waals surface area contributed by atoms with Crippen molar-refractivity contribution in [2.45, 2.75) is 13.0 Å². The van der Waals surface area contributed by atoms with E-state index < -0.39 is 0 Å². The molecule has 2 heterocycles. The van der Waals surface area contributed by atoms with Gasteiger partial charge in [-0.1, -0.05) is 6.07 Å². The number of nitrogens with zero attached hydrogens (tertiary/aromatic N) is 3. The number of benzene rings is 1. The predicted octanol–water partition coefficient (Wildman–Crippen LogP) is 2.34. The van der Waals surface area contributed by atoms with Crippen LogP contribution in [0.2, 0.25) is 0 Å². The van der Waals surface area contributed by atoms with Crippen LogP contribution in [0.4, 0.5) is 10.1 Å². The minimum absolute atomic E-state index is 0. The molecule has 0 radical (unpaired) electrons. The molecule has 1 unspecified atom stereocenters. The van der Waals surface area contributed by atoms with E-state index >= 15 is 0 Å². The first-order chi connectivity index (χ1) is 14.2. The lowest BCUT2D eigenvalue weighted by atomic mass is 10.1. The third-order valence-corrected chi connectivity index (χ3v) is 5.40. The number of morpholine rings is 1. The molecule has 1 atom stereocenters. The highest BCUT2D eigenvalue weighted by Crippen LogP contribution is 2.22. The maximum Gasteiger partial charge on any atom is 0.193 e. The highest BCUT2D eigenvalue weighted by atomic mass is 127. The van der Waals surface area contributed by atoms with Crippen LogP contribution in [0.1, 0.15) is 12.0 Å². The van der Waals surface area contributed by atoms with Gasteiger partial charge in [-0.05, 0) is 24.1 Å². The Kier molecular flexibility index (Phi) is 11.1. The van der Waals surface area contributed by atoms with Crippen molar-refractivity contribution >= 4 is 35.6 Å². The second-order valence-electron chi connectivity index (χ2n) is 7.45. The normalized spacial score (nSPS) is 19.7. The number of likely N-dealkylation sites (tertiary alicyclic amines) is 1. The summed E-state index contributed by atoms with van der Waals surface area (Å²) in [5.74, 6) is 1.16. The van der Waals surface area contributed by atoms with Gasteiger partial charge in [-0.15, -0.1) is 24.0 Å². The summed E-state index contributed by atoms with van der Waals surface area (Å²) in [6.07, 6.45) is 1.08. The van der Waals surface area contributed by atoms with Gasteiger partial charge in [0.2, 0.25) is 0 Å². The van der Waals surface area contributed by atoms with Crippen molar-refractivity contribution in [3.05, 3.63) is 29.6 Å². The molecular formula is C21H34FIN4O3. The minimum atomic E-state index is -0.185. The van der Waals surface area contributed by atoms with Gasteiger partial charge >= 0.3 is 0 Å². The van der Waals surface area contributed by atoms with Gasteiger partial charge in [0, 0.05) is 52.8 Å². The van der Waals surface area contributed by atoms with Crippen molar-refractivity contribution < 1.29 is 18.6 Å². The van der Waals surface area contributed by atoms with E-state index in [4.69, 9.17) is 14.2 Å². The Bertz CT molecular complexity index is 674. The van der Waals surface area contributed by atoms with E-state index in [1.54, 1.807) is 20.2 Å². The smallest absolute Gasteiger partial charge is 0.193 e. The Balaban J connectivity index is 0.00000320. The molecule has 170 valence electrons. The van der Waals surface area contributed by atoms with Gasteiger partial charge in [0.1, 0.15) is 5.82 Å². The lowest BCUT2D eigenvalue weighted by Crippen LogP contribution is -2.40. The largest absolute Gasteiger partial charge is 0.382 e. The Hall–Kier alpha value is -1.17. The van der Waals surface area contributed by atoms with Gasteiger partial charge in [-0.2, -0.15) is 0 Å². The van der Waals surface area contributed by atoms with Crippen LogP contribution in [0.3, 0.4) is 0 Å². The summed E-state index contributed by atoms with van der Waals surface area (Å²) in [6.45, 7) is 7.15. The summed E-state index contributed by atoms with van der Waals surface area (Å²) >= 11 is 0. The van der Waals surface area contributed by atoms with Crippen molar-refractivity contribution in [1.82, 2.24) is 10.2 Å². The van der Waals surface area contributed by atoms with Crippen molar-refractivity contribution in [3.63, 3.8) is 0 Å². The van der Waals surface area contributed by atoms with E-state index in [0.717, 1.165) is 50.7 Å². The van der Waals surface area contributed by atoms with E-state index in [0.29, 0.717) is 44.6 Å². The molecule has 0 aliphatic carbocycles. The van der Waals surface area contributed by atoms with Crippen LogP contribution in [0.5, 0.6) is 0 Å². The van der Waals surface area contributed by atoms with Gasteiger partial charge in [0.15, 0.2) is 5.96 Å². The lowest BCUT2D eigenvalue weighted by Gasteiger charge is -2.29. The Morgan fingerprint density at radius 2 is 2.07 bits per heavy atom. The lowest BCUT2D eigenvalue weighted by molar-refractivity contribution is 0.0536. The molecule has 0 bridgehead atoms. The molecule has 0 aromatic heterocycles. The summed E-state index contributed by atoms with van der Waals surface area (Å²) < 4.78 is 30.6. The predicted molar refractivity (Wildman–Crippen MR) is 127 cm³/mol. The molecule has 7 nitrogen and oxygen atoms in total. The average molecular weight is 536 g/mol. The van der Waals surface area contributed by atoms with E-state index in [-0.39, 0.29) is 29.8 Å². The monoisotopic (exact) mass is 536 g/mol. The summed E-state index contributed by atoms with van der Waals surface area (Å²) in [4.78, 5) is 8.67. The Labute approximate surface area is 196 Å². The van der Waals surface area contributed by atoms with Crippen LogP contribution in [0, 0.1) is 11.7 Å². The molecule has 0 amide bonds. The van der Waals surface area contributed by atoms with Gasteiger partial charge in [0.25, 0.3) is 0 Å². The van der Waals surface area contributed by atoms with Crippen molar-refractivity contribution in [3.8, 4) is 0 Å². The van der Waals surface area contributed by atoms with Crippen LogP contribution in [0.15, 0.2) is 23.2 Å². The first kappa shape index (κ1) is 25.1. The Morgan fingerprint density at radius 1 is 1.27 bits per heavy atom. The first-order valence-corrected chi connectivity index (χ1v) is 10.3. The van der Waals surface area contributed by atoms with Crippen molar-refractivity contribution in [1.29, 1.82) is 0 Å². The molecule has 0 saturated carbocycles. The summed E-state index contributed by atoms with van der Waals surface area (Å²) in [5, 5.41) is 3.37. The van der Waals surface area contributed by atoms with Crippen molar-refractivity contribution in [2.75, 3.05) is 78.3 Å². The molecule has 1 aromatic rings. The van der Waals surface area contributed by atoms with Crippen LogP contribution in [-0.4, -0.2) is 84.2 Å². The summed E-state index contributed by atoms with van der Waals surface area (Å²) in [6, 6.07) is 5.45. The molecular weight excluding hydrogens is 502 g/mol. The third-order valence-electron chi connectivity index (χ3n) is 5.40. The number of anilines is 1. The molecule has 3 rings (SSSR count). The molecule has 9 heteroatoms. The van der Waals surface area contributed by atoms with Crippen LogP contribution in [0.25, 0.3) is 0 Å². The third kappa shape index (κ3) is 7.21. The van der Waals surface area contributed by atoms with Crippen LogP contribution in [-0.2, 0) is 20.8 Å². The van der Waals surface area contributed by atoms with Gasteiger partial charge < -0.3 is 29.3 Å². The number of rotatable bonds is 8. The molecule has 1 aromatic carbocycles. The zero-order chi connectivity index (χ0) is 20.5. The first-order valence-electron chi connectivity index (χ1n) is 10.3. The topological polar surface area (TPSA) is 58.6 Å². The van der Waals surface area contributed by atoms with Gasteiger partial charge in [-0.25, -0.2) is 4.39 Å². The van der Waals surface area contributed by atoms with Crippen LogP contribution >= 0.6 is 24.0 Å². The summed E-state index contributed by atoms with van der Waals surface area (Å²) in [7, 11) is 3.46. The zero-order valence-corrected chi connectivity index (χ0v) is 20.3. The zero-order valence-electron chi connectivity index (χ0n) is 17.9. The molecule has 1 N–H and O–H groups in total. The SMILES string of the molecule is CN=C(NCc1ccc(N2CCOCC2)c(F)c1)N1CCC(COCCOC)C1.I. The van der Waals surface area contributed by atoms with E-state index in [9.17, 15) is 4.39 Å². The second kappa shape index (κ2) is 13.3. The number of halogens is 2. The van der Waals surface area contributed by atoms with Crippen LogP contribution < -0.4 is 10.2 Å². The van der Waals surface area contributed by atoms with E-state index in [1.807, 2.05) is 17.0 Å². The molecule has 2 aliphatic rings. The second-order valence-corrected chi connectivity index (χ2v) is 7.45. The standard InChI is InChI=1S/C21H33FN4O3.HI/c1-23-21(26-6-5-18(15-26)16-29-12-11-27-2)24-14-17-3-4-20(19(22)13-17)25-7-9-28-10-8-25;/h3-4,13,18H,5-12,14-16H2,1-2H3,(H,23,24);1H. The Morgan fingerprint density at radius 3 is 2.77 bits per heavy atom. The fraction of sp³-hybridized carbons (Fsp3) is 0.667. The number of hydrogen-bond acceptors (Lipinski definition) is 5. The number of methoxy groups -OCH3 is 1. The fourth-order valence-electron chi connectivity index (χ4n) is 3.79. The van der Waals surface area contributed by atoms with E-state index in [2.05, 4.69) is 15.2 Å². The summed E-state index contributed by atoms with van der Waals surface area (Å²) in [5.41, 5.74) is 1.55. The molecule has 2 aliphatic heterocycles. The molecule has 2 saturated heterocycles. The fourth-order valence-corrected chi connectivity index (χ4v) is 3.79. The maximum absolute atomic E-state index is 14.6.